The summed E-state index contributed by atoms with van der Waals surface area (Å²) < 4.78 is 18.6. The van der Waals surface area contributed by atoms with Crippen LogP contribution < -0.4 is 5.73 Å². The minimum Gasteiger partial charge on any atom is -0.460 e. The zero-order valence-corrected chi connectivity index (χ0v) is 8.76. The lowest BCUT2D eigenvalue weighted by Crippen LogP contribution is -1.92. The van der Waals surface area contributed by atoms with Crippen molar-refractivity contribution in [2.45, 2.75) is 6.54 Å². The van der Waals surface area contributed by atoms with Crippen molar-refractivity contribution >= 4 is 12.4 Å². The Balaban J connectivity index is 0.00000112. The van der Waals surface area contributed by atoms with Gasteiger partial charge in [0, 0.05) is 0 Å². The van der Waals surface area contributed by atoms with Gasteiger partial charge in [0.15, 0.2) is 0 Å². The number of hydrogen-bond donors (Lipinski definition) is 1. The standard InChI is InChI=1S/C11H10FNO.ClH/c12-10-4-2-1-3-9(10)11-6-5-8(7-13)14-11;/h1-6H,7,13H2;1H. The molecule has 2 nitrogen and oxygen atoms in total. The van der Waals surface area contributed by atoms with E-state index < -0.39 is 0 Å². The summed E-state index contributed by atoms with van der Waals surface area (Å²) >= 11 is 0. The summed E-state index contributed by atoms with van der Waals surface area (Å²) in [6.07, 6.45) is 0. The number of hydrogen-bond acceptors (Lipinski definition) is 2. The Labute approximate surface area is 93.3 Å². The third-order valence-corrected chi connectivity index (χ3v) is 2.00. The van der Waals surface area contributed by atoms with Crippen LogP contribution in [-0.2, 0) is 6.54 Å². The van der Waals surface area contributed by atoms with Crippen LogP contribution in [0.1, 0.15) is 5.76 Å². The van der Waals surface area contributed by atoms with Crippen LogP contribution in [0.5, 0.6) is 0 Å². The molecule has 0 aliphatic heterocycles. The average molecular weight is 228 g/mol. The first-order valence-corrected chi connectivity index (χ1v) is 4.35. The van der Waals surface area contributed by atoms with Crippen LogP contribution in [0.15, 0.2) is 40.8 Å². The monoisotopic (exact) mass is 227 g/mol. The second-order valence-electron chi connectivity index (χ2n) is 2.95. The summed E-state index contributed by atoms with van der Waals surface area (Å²) in [5.41, 5.74) is 5.86. The van der Waals surface area contributed by atoms with Gasteiger partial charge in [0.25, 0.3) is 0 Å². The van der Waals surface area contributed by atoms with E-state index >= 15 is 0 Å². The molecule has 1 aromatic heterocycles. The van der Waals surface area contributed by atoms with E-state index in [4.69, 9.17) is 10.2 Å². The maximum atomic E-state index is 13.3. The highest BCUT2D eigenvalue weighted by molar-refractivity contribution is 5.85. The summed E-state index contributed by atoms with van der Waals surface area (Å²) in [7, 11) is 0. The van der Waals surface area contributed by atoms with E-state index in [-0.39, 0.29) is 18.2 Å². The molecule has 0 fully saturated rings. The second kappa shape index (κ2) is 4.96. The first-order valence-electron chi connectivity index (χ1n) is 4.35. The van der Waals surface area contributed by atoms with Crippen LogP contribution in [-0.4, -0.2) is 0 Å². The van der Waals surface area contributed by atoms with E-state index in [9.17, 15) is 4.39 Å². The number of halogens is 2. The van der Waals surface area contributed by atoms with Crippen LogP contribution >= 0.6 is 12.4 Å². The minimum atomic E-state index is -0.287. The van der Waals surface area contributed by atoms with E-state index in [1.54, 1.807) is 30.3 Å². The Bertz CT molecular complexity index is 442. The molecule has 0 spiro atoms. The van der Waals surface area contributed by atoms with Gasteiger partial charge < -0.3 is 10.2 Å². The molecule has 0 atom stereocenters. The van der Waals surface area contributed by atoms with Gasteiger partial charge in [-0.05, 0) is 24.3 Å². The molecule has 0 saturated heterocycles. The summed E-state index contributed by atoms with van der Waals surface area (Å²) in [6.45, 7) is 0.328. The van der Waals surface area contributed by atoms with Gasteiger partial charge in [0.2, 0.25) is 0 Å². The Morgan fingerprint density at radius 1 is 1.13 bits per heavy atom. The van der Waals surface area contributed by atoms with Crippen molar-refractivity contribution in [2.75, 3.05) is 0 Å². The first-order chi connectivity index (χ1) is 6.81. The van der Waals surface area contributed by atoms with Gasteiger partial charge in [-0.3, -0.25) is 0 Å². The van der Waals surface area contributed by atoms with E-state index in [0.717, 1.165) is 0 Å². The van der Waals surface area contributed by atoms with Crippen molar-refractivity contribution in [2.24, 2.45) is 5.73 Å². The van der Waals surface area contributed by atoms with Crippen LogP contribution in [0.25, 0.3) is 11.3 Å². The fourth-order valence-electron chi connectivity index (χ4n) is 1.29. The number of nitrogens with two attached hydrogens (primary N) is 1. The van der Waals surface area contributed by atoms with Crippen molar-refractivity contribution < 1.29 is 8.81 Å². The minimum absolute atomic E-state index is 0. The topological polar surface area (TPSA) is 39.2 Å². The smallest absolute Gasteiger partial charge is 0.137 e. The highest BCUT2D eigenvalue weighted by Gasteiger charge is 2.07. The summed E-state index contributed by atoms with van der Waals surface area (Å²) in [6, 6.07) is 9.96. The second-order valence-corrected chi connectivity index (χ2v) is 2.95. The van der Waals surface area contributed by atoms with E-state index in [0.29, 0.717) is 23.6 Å². The van der Waals surface area contributed by atoms with Crippen molar-refractivity contribution in [3.8, 4) is 11.3 Å². The van der Waals surface area contributed by atoms with Gasteiger partial charge in [-0.2, -0.15) is 0 Å². The summed E-state index contributed by atoms with van der Waals surface area (Å²) in [5.74, 6) is 0.886. The third-order valence-electron chi connectivity index (χ3n) is 2.00. The first kappa shape index (κ1) is 11.8. The Kier molecular flexibility index (Phi) is 3.88. The SMILES string of the molecule is Cl.NCc1ccc(-c2ccccc2F)o1. The van der Waals surface area contributed by atoms with Gasteiger partial charge in [-0.25, -0.2) is 4.39 Å². The molecule has 2 aromatic rings. The fraction of sp³-hybridized carbons (Fsp3) is 0.0909. The molecule has 2 N–H and O–H groups in total. The van der Waals surface area contributed by atoms with Gasteiger partial charge in [-0.1, -0.05) is 12.1 Å². The Morgan fingerprint density at radius 2 is 1.87 bits per heavy atom. The molecule has 1 aromatic carbocycles. The largest absolute Gasteiger partial charge is 0.460 e. The number of rotatable bonds is 2. The van der Waals surface area contributed by atoms with Gasteiger partial charge in [-0.15, -0.1) is 12.4 Å². The van der Waals surface area contributed by atoms with E-state index in [2.05, 4.69) is 0 Å². The molecule has 0 bridgehead atoms. The maximum absolute atomic E-state index is 13.3. The van der Waals surface area contributed by atoms with Gasteiger partial charge in [0.05, 0.1) is 12.1 Å². The quantitative estimate of drug-likeness (QED) is 0.857. The molecule has 4 heteroatoms. The maximum Gasteiger partial charge on any atom is 0.137 e. The number of furan rings is 1. The highest BCUT2D eigenvalue weighted by Crippen LogP contribution is 2.24. The lowest BCUT2D eigenvalue weighted by molar-refractivity contribution is 0.520. The molecule has 0 saturated carbocycles. The third kappa shape index (κ3) is 2.37. The molecular formula is C11H11ClFNO. The predicted octanol–water partition coefficient (Wildman–Crippen LogP) is 2.97. The van der Waals surface area contributed by atoms with Crippen LogP contribution in [0, 0.1) is 5.82 Å². The predicted molar refractivity (Wildman–Crippen MR) is 59.2 cm³/mol. The van der Waals surface area contributed by atoms with E-state index in [1.165, 1.54) is 6.07 Å². The lowest BCUT2D eigenvalue weighted by Gasteiger charge is -1.97. The molecule has 0 amide bonds. The molecule has 15 heavy (non-hydrogen) atoms. The van der Waals surface area contributed by atoms with Crippen LogP contribution in [0.3, 0.4) is 0 Å². The van der Waals surface area contributed by atoms with Crippen molar-refractivity contribution in [1.29, 1.82) is 0 Å². The van der Waals surface area contributed by atoms with E-state index in [1.807, 2.05) is 0 Å². The van der Waals surface area contributed by atoms with Gasteiger partial charge in [0.1, 0.15) is 17.3 Å². The molecule has 0 aliphatic carbocycles. The average Bonchev–Trinajstić information content (AvgIpc) is 2.67. The number of benzene rings is 1. The van der Waals surface area contributed by atoms with Crippen molar-refractivity contribution in [3.05, 3.63) is 48.0 Å². The molecular weight excluding hydrogens is 217 g/mol. The normalized spacial score (nSPS) is 9.73. The molecule has 0 unspecified atom stereocenters. The lowest BCUT2D eigenvalue weighted by atomic mass is 10.1. The molecule has 1 heterocycles. The zero-order chi connectivity index (χ0) is 9.97. The van der Waals surface area contributed by atoms with Crippen LogP contribution in [0.2, 0.25) is 0 Å². The summed E-state index contributed by atoms with van der Waals surface area (Å²) in [5, 5.41) is 0. The Morgan fingerprint density at radius 3 is 2.47 bits per heavy atom. The molecule has 0 aliphatic rings. The molecule has 80 valence electrons. The van der Waals surface area contributed by atoms with Crippen molar-refractivity contribution in [1.82, 2.24) is 0 Å². The van der Waals surface area contributed by atoms with Crippen LogP contribution in [0.4, 0.5) is 4.39 Å². The summed E-state index contributed by atoms with van der Waals surface area (Å²) in [4.78, 5) is 0. The van der Waals surface area contributed by atoms with Crippen molar-refractivity contribution in [3.63, 3.8) is 0 Å². The molecule has 2 rings (SSSR count). The molecule has 0 radical (unpaired) electrons. The fourth-order valence-corrected chi connectivity index (χ4v) is 1.29. The highest BCUT2D eigenvalue weighted by atomic mass is 35.5. The van der Waals surface area contributed by atoms with Gasteiger partial charge >= 0.3 is 0 Å². The Hall–Kier alpha value is -1.32. The zero-order valence-electron chi connectivity index (χ0n) is 7.94.